The zero-order valence-corrected chi connectivity index (χ0v) is 15.7. The van der Waals surface area contributed by atoms with Crippen LogP contribution in [0.1, 0.15) is 18.2 Å². The smallest absolute Gasteiger partial charge is 0.242 e. The number of carbonyl (C=O) groups is 1. The van der Waals surface area contributed by atoms with Crippen molar-refractivity contribution >= 4 is 22.8 Å². The highest BCUT2D eigenvalue weighted by Crippen LogP contribution is 2.19. The Morgan fingerprint density at radius 3 is 2.93 bits per heavy atom. The predicted octanol–water partition coefficient (Wildman–Crippen LogP) is 2.31. The van der Waals surface area contributed by atoms with Gasteiger partial charge in [0.05, 0.1) is 12.8 Å². The van der Waals surface area contributed by atoms with E-state index in [0.29, 0.717) is 31.4 Å². The monoisotopic (exact) mass is 385 g/mol. The molecule has 0 radical (unpaired) electrons. The number of benzene rings is 1. The lowest BCUT2D eigenvalue weighted by Crippen LogP contribution is -2.39. The molecule has 0 unspecified atom stereocenters. The highest BCUT2D eigenvalue weighted by Gasteiger charge is 2.06. The van der Waals surface area contributed by atoms with Crippen molar-refractivity contribution in [1.82, 2.24) is 20.9 Å². The van der Waals surface area contributed by atoms with Crippen LogP contribution in [-0.4, -0.2) is 36.5 Å². The second-order valence-electron chi connectivity index (χ2n) is 6.23. The van der Waals surface area contributed by atoms with Crippen LogP contribution in [-0.2, 0) is 17.8 Å². The Morgan fingerprint density at radius 1 is 1.25 bits per heavy atom. The molecule has 8 heteroatoms. The van der Waals surface area contributed by atoms with Gasteiger partial charge in [-0.2, -0.15) is 0 Å². The first-order valence-electron chi connectivity index (χ1n) is 9.22. The van der Waals surface area contributed by atoms with Gasteiger partial charge in [0, 0.05) is 30.2 Å². The lowest BCUT2D eigenvalue weighted by atomic mass is 10.1. The van der Waals surface area contributed by atoms with E-state index in [4.69, 9.17) is 4.42 Å². The zero-order chi connectivity index (χ0) is 19.8. The van der Waals surface area contributed by atoms with Crippen LogP contribution in [0, 0.1) is 5.82 Å². The Hall–Kier alpha value is -3.29. The number of carbonyl (C=O) groups excluding carboxylic acids is 1. The molecule has 0 atom stereocenters. The summed E-state index contributed by atoms with van der Waals surface area (Å²) >= 11 is 0. The van der Waals surface area contributed by atoms with Gasteiger partial charge in [0.2, 0.25) is 5.91 Å². The Morgan fingerprint density at radius 2 is 2.14 bits per heavy atom. The van der Waals surface area contributed by atoms with Crippen molar-refractivity contribution in [3.63, 3.8) is 0 Å². The second-order valence-corrected chi connectivity index (χ2v) is 6.23. The molecule has 0 aliphatic carbocycles. The molecule has 3 aromatic rings. The average molecular weight is 385 g/mol. The number of guanidine groups is 1. The van der Waals surface area contributed by atoms with Gasteiger partial charge < -0.3 is 25.4 Å². The van der Waals surface area contributed by atoms with Gasteiger partial charge in [-0.25, -0.2) is 9.38 Å². The number of hydrogen-bond donors (Lipinski definition) is 4. The van der Waals surface area contributed by atoms with Gasteiger partial charge in [0.15, 0.2) is 5.96 Å². The Bertz CT molecular complexity index is 933. The molecule has 148 valence electrons. The molecule has 4 N–H and O–H groups in total. The highest BCUT2D eigenvalue weighted by atomic mass is 19.1. The number of fused-ring (bicyclic) bond motifs is 1. The maximum absolute atomic E-state index is 13.3. The molecule has 0 saturated heterocycles. The van der Waals surface area contributed by atoms with E-state index in [1.54, 1.807) is 24.5 Å². The van der Waals surface area contributed by atoms with Crippen LogP contribution >= 0.6 is 0 Å². The first kappa shape index (κ1) is 19.5. The van der Waals surface area contributed by atoms with E-state index >= 15 is 0 Å². The molecule has 0 aliphatic rings. The molecule has 0 saturated carbocycles. The van der Waals surface area contributed by atoms with Crippen LogP contribution < -0.4 is 16.0 Å². The van der Waals surface area contributed by atoms with Gasteiger partial charge in [-0.05, 0) is 49.2 Å². The molecule has 2 aromatic heterocycles. The Balaban J connectivity index is 1.49. The third kappa shape index (κ3) is 5.35. The number of nitrogens with zero attached hydrogens (tertiary/aromatic N) is 1. The number of furan rings is 1. The number of aromatic amines is 1. The summed E-state index contributed by atoms with van der Waals surface area (Å²) in [6, 6.07) is 8.30. The summed E-state index contributed by atoms with van der Waals surface area (Å²) < 4.78 is 18.5. The van der Waals surface area contributed by atoms with Crippen LogP contribution in [0.3, 0.4) is 0 Å². The maximum atomic E-state index is 13.3. The molecule has 0 bridgehead atoms. The number of rotatable bonds is 8. The molecule has 0 spiro atoms. The molecule has 1 aromatic carbocycles. The lowest BCUT2D eigenvalue weighted by molar-refractivity contribution is -0.119. The van der Waals surface area contributed by atoms with Gasteiger partial charge >= 0.3 is 0 Å². The standard InChI is InChI=1S/C20H24FN5O2/c1-2-22-20(26-13-19(27)25-12-16-4-3-9-28-16)23-8-7-14-11-24-18-10-15(21)5-6-17(14)18/h3-6,9-11,24H,2,7-8,12-13H2,1H3,(H,25,27)(H2,22,23,26). The predicted molar refractivity (Wildman–Crippen MR) is 106 cm³/mol. The number of aliphatic imine (C=N–C) groups is 1. The van der Waals surface area contributed by atoms with E-state index in [1.165, 1.54) is 12.1 Å². The maximum Gasteiger partial charge on any atom is 0.242 e. The molecule has 1 amide bonds. The first-order chi connectivity index (χ1) is 13.7. The van der Waals surface area contributed by atoms with Gasteiger partial charge in [-0.1, -0.05) is 0 Å². The summed E-state index contributed by atoms with van der Waals surface area (Å²) in [5, 5.41) is 10.1. The summed E-state index contributed by atoms with van der Waals surface area (Å²) in [7, 11) is 0. The van der Waals surface area contributed by atoms with Crippen LogP contribution in [0.25, 0.3) is 10.9 Å². The number of aromatic nitrogens is 1. The van der Waals surface area contributed by atoms with E-state index in [1.807, 2.05) is 13.1 Å². The molecule has 0 aliphatic heterocycles. The highest BCUT2D eigenvalue weighted by molar-refractivity contribution is 5.85. The molecule has 28 heavy (non-hydrogen) atoms. The van der Waals surface area contributed by atoms with E-state index in [9.17, 15) is 9.18 Å². The van der Waals surface area contributed by atoms with E-state index in [2.05, 4.69) is 25.9 Å². The number of H-pyrrole nitrogens is 1. The largest absolute Gasteiger partial charge is 0.467 e. The van der Waals surface area contributed by atoms with Crippen LogP contribution in [0.15, 0.2) is 52.2 Å². The average Bonchev–Trinajstić information content (AvgIpc) is 3.34. The Labute approximate surface area is 162 Å². The summed E-state index contributed by atoms with van der Waals surface area (Å²) in [4.78, 5) is 19.3. The van der Waals surface area contributed by atoms with Gasteiger partial charge in [-0.3, -0.25) is 4.79 Å². The number of hydrogen-bond acceptors (Lipinski definition) is 3. The first-order valence-corrected chi connectivity index (χ1v) is 9.22. The van der Waals surface area contributed by atoms with Crippen molar-refractivity contribution in [2.45, 2.75) is 19.9 Å². The normalized spacial score (nSPS) is 11.6. The molecule has 2 heterocycles. The summed E-state index contributed by atoms with van der Waals surface area (Å²) in [6.45, 7) is 3.63. The fraction of sp³-hybridized carbons (Fsp3) is 0.300. The molecule has 3 rings (SSSR count). The number of nitrogens with one attached hydrogen (secondary N) is 4. The minimum Gasteiger partial charge on any atom is -0.467 e. The van der Waals surface area contributed by atoms with Crippen molar-refractivity contribution < 1.29 is 13.6 Å². The van der Waals surface area contributed by atoms with Crippen molar-refractivity contribution in [2.75, 3.05) is 19.6 Å². The molecule has 7 nitrogen and oxygen atoms in total. The van der Waals surface area contributed by atoms with E-state index in [-0.39, 0.29) is 18.3 Å². The van der Waals surface area contributed by atoms with E-state index in [0.717, 1.165) is 22.9 Å². The SMILES string of the molecule is CCNC(=NCC(=O)NCc1ccco1)NCCc1c[nH]c2cc(F)ccc12. The quantitative estimate of drug-likeness (QED) is 0.354. The fourth-order valence-corrected chi connectivity index (χ4v) is 2.83. The van der Waals surface area contributed by atoms with Crippen molar-refractivity contribution in [3.05, 3.63) is 59.9 Å². The van der Waals surface area contributed by atoms with Gasteiger partial charge in [-0.15, -0.1) is 0 Å². The van der Waals surface area contributed by atoms with Crippen molar-refractivity contribution in [1.29, 1.82) is 0 Å². The van der Waals surface area contributed by atoms with Gasteiger partial charge in [0.1, 0.15) is 18.1 Å². The second kappa shape index (κ2) is 9.59. The van der Waals surface area contributed by atoms with E-state index < -0.39 is 0 Å². The van der Waals surface area contributed by atoms with Crippen LogP contribution in [0.4, 0.5) is 4.39 Å². The number of halogens is 1. The Kier molecular flexibility index (Phi) is 6.67. The van der Waals surface area contributed by atoms with Crippen LogP contribution in [0.5, 0.6) is 0 Å². The molecule has 0 fully saturated rings. The summed E-state index contributed by atoms with van der Waals surface area (Å²) in [6.07, 6.45) is 4.19. The van der Waals surface area contributed by atoms with Gasteiger partial charge in [0.25, 0.3) is 0 Å². The third-order valence-electron chi connectivity index (χ3n) is 4.18. The fourth-order valence-electron chi connectivity index (χ4n) is 2.83. The molecular formula is C20H24FN5O2. The lowest BCUT2D eigenvalue weighted by Gasteiger charge is -2.11. The number of amides is 1. The minimum atomic E-state index is -0.258. The summed E-state index contributed by atoms with van der Waals surface area (Å²) in [5.74, 6) is 0.820. The molecular weight excluding hydrogens is 361 g/mol. The zero-order valence-electron chi connectivity index (χ0n) is 15.7. The topological polar surface area (TPSA) is 94.4 Å². The summed E-state index contributed by atoms with van der Waals surface area (Å²) in [5.41, 5.74) is 1.87. The van der Waals surface area contributed by atoms with Crippen molar-refractivity contribution in [2.24, 2.45) is 4.99 Å². The van der Waals surface area contributed by atoms with Crippen LogP contribution in [0.2, 0.25) is 0 Å². The van der Waals surface area contributed by atoms with Crippen molar-refractivity contribution in [3.8, 4) is 0 Å². The third-order valence-corrected chi connectivity index (χ3v) is 4.18. The minimum absolute atomic E-state index is 0.0163.